The zero-order chi connectivity index (χ0) is 12.8. The minimum Gasteiger partial charge on any atom is -0.356 e. The van der Waals surface area contributed by atoms with Gasteiger partial charge in [0.25, 0.3) is 0 Å². The minimum atomic E-state index is 0.390. The van der Waals surface area contributed by atoms with Crippen molar-refractivity contribution in [2.75, 3.05) is 19.6 Å². The van der Waals surface area contributed by atoms with E-state index in [1.165, 1.54) is 18.4 Å². The third-order valence-electron chi connectivity index (χ3n) is 3.44. The average Bonchev–Trinajstić information content (AvgIpc) is 2.88. The van der Waals surface area contributed by atoms with Gasteiger partial charge >= 0.3 is 0 Å². The van der Waals surface area contributed by atoms with Crippen LogP contribution in [0.5, 0.6) is 0 Å². The summed E-state index contributed by atoms with van der Waals surface area (Å²) in [6.45, 7) is 7.41. The number of hydrogen-bond acceptors (Lipinski definition) is 3. The molecule has 98 valence electrons. The molecule has 1 unspecified atom stereocenters. The van der Waals surface area contributed by atoms with Crippen molar-refractivity contribution in [3.05, 3.63) is 35.9 Å². The second kappa shape index (κ2) is 6.43. The van der Waals surface area contributed by atoms with Crippen LogP contribution < -0.4 is 5.32 Å². The van der Waals surface area contributed by atoms with E-state index in [1.807, 2.05) is 0 Å². The number of guanidine groups is 1. The normalized spacial score (nSPS) is 16.6. The van der Waals surface area contributed by atoms with Crippen molar-refractivity contribution in [2.45, 2.75) is 32.7 Å². The van der Waals surface area contributed by atoms with E-state index in [9.17, 15) is 0 Å². The van der Waals surface area contributed by atoms with Gasteiger partial charge in [-0.1, -0.05) is 43.7 Å². The predicted octanol–water partition coefficient (Wildman–Crippen LogP) is 2.81. The van der Waals surface area contributed by atoms with Crippen LogP contribution in [0.25, 0.3) is 0 Å². The van der Waals surface area contributed by atoms with E-state index in [0.717, 1.165) is 25.6 Å². The molecule has 0 spiro atoms. The SMILES string of the molecule is CCCCNC1=NCCN1C(C)c1ccccc1. The van der Waals surface area contributed by atoms with Crippen molar-refractivity contribution in [2.24, 2.45) is 4.99 Å². The third-order valence-corrected chi connectivity index (χ3v) is 3.44. The van der Waals surface area contributed by atoms with Crippen molar-refractivity contribution < 1.29 is 0 Å². The summed E-state index contributed by atoms with van der Waals surface area (Å²) in [6.07, 6.45) is 2.42. The minimum absolute atomic E-state index is 0.390. The zero-order valence-corrected chi connectivity index (χ0v) is 11.4. The Balaban J connectivity index is 1.97. The molecule has 3 nitrogen and oxygen atoms in total. The highest BCUT2D eigenvalue weighted by molar-refractivity contribution is 5.81. The number of rotatable bonds is 5. The first-order valence-corrected chi connectivity index (χ1v) is 6.93. The summed E-state index contributed by atoms with van der Waals surface area (Å²) in [7, 11) is 0. The van der Waals surface area contributed by atoms with Crippen LogP contribution in [0.3, 0.4) is 0 Å². The molecular weight excluding hydrogens is 222 g/mol. The topological polar surface area (TPSA) is 27.6 Å². The van der Waals surface area contributed by atoms with Crippen molar-refractivity contribution >= 4 is 5.96 Å². The smallest absolute Gasteiger partial charge is 0.194 e. The highest BCUT2D eigenvalue weighted by Crippen LogP contribution is 2.21. The molecule has 1 aromatic carbocycles. The highest BCUT2D eigenvalue weighted by Gasteiger charge is 2.22. The van der Waals surface area contributed by atoms with Gasteiger partial charge in [0.05, 0.1) is 12.6 Å². The molecule has 1 aliphatic heterocycles. The maximum atomic E-state index is 4.57. The second-order valence-corrected chi connectivity index (χ2v) is 4.77. The molecule has 0 bridgehead atoms. The fraction of sp³-hybridized carbons (Fsp3) is 0.533. The Kier molecular flexibility index (Phi) is 4.62. The van der Waals surface area contributed by atoms with Gasteiger partial charge < -0.3 is 10.2 Å². The van der Waals surface area contributed by atoms with Gasteiger partial charge in [-0.3, -0.25) is 4.99 Å². The zero-order valence-electron chi connectivity index (χ0n) is 11.4. The maximum Gasteiger partial charge on any atom is 0.194 e. The molecule has 0 aliphatic carbocycles. The molecule has 1 aliphatic rings. The van der Waals surface area contributed by atoms with Gasteiger partial charge in [0, 0.05) is 13.1 Å². The fourth-order valence-corrected chi connectivity index (χ4v) is 2.28. The van der Waals surface area contributed by atoms with Gasteiger partial charge in [0.15, 0.2) is 5.96 Å². The standard InChI is InChI=1S/C15H23N3/c1-3-4-10-16-15-17-11-12-18(15)13(2)14-8-6-5-7-9-14/h5-9,13H,3-4,10-12H2,1-2H3,(H,16,17). The average molecular weight is 245 g/mol. The molecule has 1 atom stereocenters. The largest absolute Gasteiger partial charge is 0.356 e. The first-order valence-electron chi connectivity index (χ1n) is 6.93. The molecule has 0 aromatic heterocycles. The van der Waals surface area contributed by atoms with Crippen LogP contribution in [0.4, 0.5) is 0 Å². The maximum absolute atomic E-state index is 4.57. The van der Waals surface area contributed by atoms with Crippen molar-refractivity contribution in [1.82, 2.24) is 10.2 Å². The molecule has 0 radical (unpaired) electrons. The Labute approximate surface area is 110 Å². The summed E-state index contributed by atoms with van der Waals surface area (Å²) < 4.78 is 0. The van der Waals surface area contributed by atoms with Crippen molar-refractivity contribution in [3.63, 3.8) is 0 Å². The molecule has 0 saturated heterocycles. The van der Waals surface area contributed by atoms with Crippen LogP contribution in [0, 0.1) is 0 Å². The number of hydrogen-bond donors (Lipinski definition) is 1. The molecule has 2 rings (SSSR count). The van der Waals surface area contributed by atoms with Crippen LogP contribution in [-0.2, 0) is 0 Å². The van der Waals surface area contributed by atoms with Crippen molar-refractivity contribution in [3.8, 4) is 0 Å². The van der Waals surface area contributed by atoms with E-state index in [2.05, 4.69) is 59.4 Å². The molecule has 1 N–H and O–H groups in total. The predicted molar refractivity (Wildman–Crippen MR) is 76.8 cm³/mol. The summed E-state index contributed by atoms with van der Waals surface area (Å²) in [6, 6.07) is 11.0. The summed E-state index contributed by atoms with van der Waals surface area (Å²) in [5.74, 6) is 1.07. The van der Waals surface area contributed by atoms with Crippen molar-refractivity contribution in [1.29, 1.82) is 0 Å². The molecule has 0 amide bonds. The van der Waals surface area contributed by atoms with Gasteiger partial charge in [-0.05, 0) is 18.9 Å². The highest BCUT2D eigenvalue weighted by atomic mass is 15.3. The Morgan fingerprint density at radius 2 is 2.11 bits per heavy atom. The van der Waals surface area contributed by atoms with Crippen LogP contribution in [-0.4, -0.2) is 30.5 Å². The van der Waals surface area contributed by atoms with Gasteiger partial charge in [0.2, 0.25) is 0 Å². The molecule has 3 heteroatoms. The summed E-state index contributed by atoms with van der Waals surface area (Å²) in [4.78, 5) is 6.93. The second-order valence-electron chi connectivity index (χ2n) is 4.77. The third kappa shape index (κ3) is 3.03. The van der Waals surface area contributed by atoms with Crippen LogP contribution in [0.2, 0.25) is 0 Å². The Morgan fingerprint density at radius 3 is 2.83 bits per heavy atom. The van der Waals surface area contributed by atoms with Crippen LogP contribution in [0.1, 0.15) is 38.3 Å². The first kappa shape index (κ1) is 12.9. The monoisotopic (exact) mass is 245 g/mol. The summed E-state index contributed by atoms with van der Waals surface area (Å²) >= 11 is 0. The fourth-order valence-electron chi connectivity index (χ4n) is 2.28. The van der Waals surface area contributed by atoms with Crippen LogP contribution in [0.15, 0.2) is 35.3 Å². The molecule has 18 heavy (non-hydrogen) atoms. The quantitative estimate of drug-likeness (QED) is 0.808. The van der Waals surface area contributed by atoms with Gasteiger partial charge in [-0.15, -0.1) is 0 Å². The van der Waals surface area contributed by atoms with Gasteiger partial charge in [-0.25, -0.2) is 0 Å². The number of aliphatic imine (C=N–C) groups is 1. The Morgan fingerprint density at radius 1 is 1.33 bits per heavy atom. The van der Waals surface area contributed by atoms with E-state index < -0.39 is 0 Å². The van der Waals surface area contributed by atoms with Crippen LogP contribution >= 0.6 is 0 Å². The van der Waals surface area contributed by atoms with E-state index in [0.29, 0.717) is 6.04 Å². The Bertz CT molecular complexity index is 386. The molecule has 0 saturated carbocycles. The number of benzene rings is 1. The van der Waals surface area contributed by atoms with E-state index in [1.54, 1.807) is 0 Å². The van der Waals surface area contributed by atoms with Gasteiger partial charge in [0.1, 0.15) is 0 Å². The lowest BCUT2D eigenvalue weighted by Crippen LogP contribution is -2.40. The first-order chi connectivity index (χ1) is 8.83. The molecular formula is C15H23N3. The van der Waals surface area contributed by atoms with E-state index in [4.69, 9.17) is 0 Å². The lowest BCUT2D eigenvalue weighted by Gasteiger charge is -2.28. The molecule has 0 fully saturated rings. The molecule has 1 heterocycles. The lowest BCUT2D eigenvalue weighted by molar-refractivity contribution is 0.355. The lowest BCUT2D eigenvalue weighted by atomic mass is 10.1. The summed E-state index contributed by atoms with van der Waals surface area (Å²) in [5, 5.41) is 3.46. The van der Waals surface area contributed by atoms with E-state index in [-0.39, 0.29) is 0 Å². The molecule has 1 aromatic rings. The summed E-state index contributed by atoms with van der Waals surface area (Å²) in [5.41, 5.74) is 1.35. The number of nitrogens with one attached hydrogen (secondary N) is 1. The number of nitrogens with zero attached hydrogens (tertiary/aromatic N) is 2. The Hall–Kier alpha value is -1.51. The van der Waals surface area contributed by atoms with E-state index >= 15 is 0 Å². The van der Waals surface area contributed by atoms with Gasteiger partial charge in [-0.2, -0.15) is 0 Å². The number of unbranched alkanes of at least 4 members (excludes halogenated alkanes) is 1.